The van der Waals surface area contributed by atoms with E-state index in [1.807, 2.05) is 12.1 Å². The van der Waals surface area contributed by atoms with Crippen molar-refractivity contribution in [2.24, 2.45) is 5.73 Å². The van der Waals surface area contributed by atoms with Gasteiger partial charge < -0.3 is 15.4 Å². The first-order valence-electron chi connectivity index (χ1n) is 7.48. The first-order valence-corrected chi connectivity index (χ1v) is 7.48. The summed E-state index contributed by atoms with van der Waals surface area (Å²) >= 11 is 0. The second kappa shape index (κ2) is 5.14. The van der Waals surface area contributed by atoms with E-state index in [0.29, 0.717) is 0 Å². The standard InChI is InChI=1S/C16H24N2O/c1-2-9-18-10-7-16(8-11-18)12-14(17)13-5-3-4-6-15(13)19-16/h3-6,14H,2,7-12,17H2,1H3. The third kappa shape index (κ3) is 2.49. The number of fused-ring (bicyclic) bond motifs is 1. The van der Waals surface area contributed by atoms with Crippen molar-refractivity contribution in [3.8, 4) is 5.75 Å². The molecule has 2 heterocycles. The predicted molar refractivity (Wildman–Crippen MR) is 77.3 cm³/mol. The number of piperidine rings is 1. The number of likely N-dealkylation sites (tertiary alicyclic amines) is 1. The number of nitrogens with zero attached hydrogens (tertiary/aromatic N) is 1. The minimum absolute atomic E-state index is 0.0159. The van der Waals surface area contributed by atoms with Gasteiger partial charge in [-0.3, -0.25) is 0 Å². The number of benzene rings is 1. The number of rotatable bonds is 2. The van der Waals surface area contributed by atoms with Gasteiger partial charge in [-0.05, 0) is 31.9 Å². The summed E-state index contributed by atoms with van der Waals surface area (Å²) in [6.45, 7) is 5.73. The molecule has 0 aliphatic carbocycles. The monoisotopic (exact) mass is 260 g/mol. The van der Waals surface area contributed by atoms with Crippen LogP contribution in [-0.4, -0.2) is 30.1 Å². The number of hydrogen-bond donors (Lipinski definition) is 1. The number of para-hydroxylation sites is 1. The first-order chi connectivity index (χ1) is 9.22. The fourth-order valence-electron chi connectivity index (χ4n) is 3.47. The number of nitrogens with two attached hydrogens (primary N) is 1. The summed E-state index contributed by atoms with van der Waals surface area (Å²) in [7, 11) is 0. The molecule has 3 heteroatoms. The normalized spacial score (nSPS) is 25.9. The Morgan fingerprint density at radius 2 is 2.05 bits per heavy atom. The smallest absolute Gasteiger partial charge is 0.124 e. The second-order valence-corrected chi connectivity index (χ2v) is 5.98. The molecule has 3 nitrogen and oxygen atoms in total. The van der Waals surface area contributed by atoms with Crippen molar-refractivity contribution >= 4 is 0 Å². The Kier molecular flexibility index (Phi) is 3.50. The molecule has 0 aromatic heterocycles. The van der Waals surface area contributed by atoms with Crippen molar-refractivity contribution in [1.29, 1.82) is 0 Å². The van der Waals surface area contributed by atoms with Gasteiger partial charge in [0, 0.05) is 31.1 Å². The maximum absolute atomic E-state index is 6.35. The summed E-state index contributed by atoms with van der Waals surface area (Å²) in [5, 5.41) is 0. The largest absolute Gasteiger partial charge is 0.487 e. The first kappa shape index (κ1) is 12.9. The van der Waals surface area contributed by atoms with E-state index in [-0.39, 0.29) is 11.6 Å². The van der Waals surface area contributed by atoms with E-state index >= 15 is 0 Å². The van der Waals surface area contributed by atoms with Crippen LogP contribution < -0.4 is 10.5 Å². The summed E-state index contributed by atoms with van der Waals surface area (Å²) in [5.74, 6) is 1.00. The zero-order chi connectivity index (χ0) is 13.3. The van der Waals surface area contributed by atoms with Gasteiger partial charge in [-0.15, -0.1) is 0 Å². The minimum Gasteiger partial charge on any atom is -0.487 e. The van der Waals surface area contributed by atoms with E-state index in [1.54, 1.807) is 0 Å². The van der Waals surface area contributed by atoms with Gasteiger partial charge in [-0.25, -0.2) is 0 Å². The van der Waals surface area contributed by atoms with Gasteiger partial charge in [-0.2, -0.15) is 0 Å². The van der Waals surface area contributed by atoms with Crippen LogP contribution in [0, 0.1) is 0 Å². The van der Waals surface area contributed by atoms with Crippen molar-refractivity contribution in [3.63, 3.8) is 0 Å². The Morgan fingerprint density at radius 1 is 1.32 bits per heavy atom. The molecule has 104 valence electrons. The highest BCUT2D eigenvalue weighted by Crippen LogP contribution is 2.43. The SMILES string of the molecule is CCCN1CCC2(CC1)CC(N)c1ccccc1O2. The minimum atomic E-state index is -0.0159. The summed E-state index contributed by atoms with van der Waals surface area (Å²) < 4.78 is 6.35. The number of ether oxygens (including phenoxy) is 1. The van der Waals surface area contributed by atoms with Gasteiger partial charge >= 0.3 is 0 Å². The molecule has 1 fully saturated rings. The molecule has 0 saturated carbocycles. The highest BCUT2D eigenvalue weighted by atomic mass is 16.5. The molecule has 2 aliphatic rings. The molecule has 1 saturated heterocycles. The van der Waals surface area contributed by atoms with Gasteiger partial charge in [0.05, 0.1) is 0 Å². The molecule has 3 rings (SSSR count). The zero-order valence-electron chi connectivity index (χ0n) is 11.8. The highest BCUT2D eigenvalue weighted by Gasteiger charge is 2.41. The van der Waals surface area contributed by atoms with E-state index in [0.717, 1.165) is 38.1 Å². The predicted octanol–water partition coefficient (Wildman–Crippen LogP) is 2.71. The van der Waals surface area contributed by atoms with Crippen LogP contribution in [0.3, 0.4) is 0 Å². The highest BCUT2D eigenvalue weighted by molar-refractivity contribution is 5.38. The maximum Gasteiger partial charge on any atom is 0.124 e. The van der Waals surface area contributed by atoms with E-state index in [9.17, 15) is 0 Å². The molecule has 2 N–H and O–H groups in total. The summed E-state index contributed by atoms with van der Waals surface area (Å²) in [6, 6.07) is 8.37. The average molecular weight is 260 g/mol. The van der Waals surface area contributed by atoms with Gasteiger partial charge in [-0.1, -0.05) is 25.1 Å². The summed E-state index contributed by atoms with van der Waals surface area (Å²) in [6.07, 6.45) is 4.41. The van der Waals surface area contributed by atoms with E-state index in [4.69, 9.17) is 10.5 Å². The third-order valence-electron chi connectivity index (χ3n) is 4.54. The lowest BCUT2D eigenvalue weighted by atomic mass is 9.81. The molecule has 0 amide bonds. The third-order valence-corrected chi connectivity index (χ3v) is 4.54. The lowest BCUT2D eigenvalue weighted by Crippen LogP contribution is -2.51. The Labute approximate surface area is 115 Å². The van der Waals surface area contributed by atoms with E-state index in [1.165, 1.54) is 18.5 Å². The maximum atomic E-state index is 6.35. The van der Waals surface area contributed by atoms with Crippen molar-refractivity contribution in [1.82, 2.24) is 4.90 Å². The Balaban J connectivity index is 1.74. The van der Waals surface area contributed by atoms with Crippen molar-refractivity contribution < 1.29 is 4.74 Å². The van der Waals surface area contributed by atoms with E-state index < -0.39 is 0 Å². The van der Waals surface area contributed by atoms with Crippen molar-refractivity contribution in [3.05, 3.63) is 29.8 Å². The average Bonchev–Trinajstić information content (AvgIpc) is 2.42. The molecule has 2 aliphatic heterocycles. The van der Waals surface area contributed by atoms with Crippen LogP contribution in [0.1, 0.15) is 44.2 Å². The van der Waals surface area contributed by atoms with Crippen LogP contribution in [0.25, 0.3) is 0 Å². The second-order valence-electron chi connectivity index (χ2n) is 5.98. The topological polar surface area (TPSA) is 38.5 Å². The number of hydrogen-bond acceptors (Lipinski definition) is 3. The Morgan fingerprint density at radius 3 is 2.79 bits per heavy atom. The molecule has 0 bridgehead atoms. The molecular formula is C16H24N2O. The Bertz CT molecular complexity index is 438. The van der Waals surface area contributed by atoms with Crippen molar-refractivity contribution in [2.75, 3.05) is 19.6 Å². The van der Waals surface area contributed by atoms with Crippen LogP contribution in [0.5, 0.6) is 5.75 Å². The van der Waals surface area contributed by atoms with Crippen LogP contribution in [0.2, 0.25) is 0 Å². The van der Waals surface area contributed by atoms with Crippen molar-refractivity contribution in [2.45, 2.75) is 44.2 Å². The molecule has 1 aromatic carbocycles. The van der Waals surface area contributed by atoms with Crippen LogP contribution in [0.4, 0.5) is 0 Å². The molecule has 1 unspecified atom stereocenters. The molecule has 19 heavy (non-hydrogen) atoms. The van der Waals surface area contributed by atoms with E-state index in [2.05, 4.69) is 24.0 Å². The van der Waals surface area contributed by atoms with Crippen LogP contribution in [0.15, 0.2) is 24.3 Å². The molecule has 1 atom stereocenters. The van der Waals surface area contributed by atoms with Crippen LogP contribution >= 0.6 is 0 Å². The molecule has 0 radical (unpaired) electrons. The van der Waals surface area contributed by atoms with Gasteiger partial charge in [0.25, 0.3) is 0 Å². The lowest BCUT2D eigenvalue weighted by Gasteiger charge is -2.46. The summed E-state index contributed by atoms with van der Waals surface area (Å²) in [4.78, 5) is 2.54. The fourth-order valence-corrected chi connectivity index (χ4v) is 3.47. The van der Waals surface area contributed by atoms with Gasteiger partial charge in [0.15, 0.2) is 0 Å². The van der Waals surface area contributed by atoms with Gasteiger partial charge in [0.2, 0.25) is 0 Å². The lowest BCUT2D eigenvalue weighted by molar-refractivity contribution is -0.0215. The van der Waals surface area contributed by atoms with Crippen LogP contribution in [-0.2, 0) is 0 Å². The molecule has 1 spiro atoms. The quantitative estimate of drug-likeness (QED) is 0.888. The molecule has 1 aromatic rings. The molecular weight excluding hydrogens is 236 g/mol. The Hall–Kier alpha value is -1.06. The van der Waals surface area contributed by atoms with Gasteiger partial charge in [0.1, 0.15) is 11.4 Å². The summed E-state index contributed by atoms with van der Waals surface area (Å²) in [5.41, 5.74) is 7.51. The zero-order valence-corrected chi connectivity index (χ0v) is 11.8. The fraction of sp³-hybridized carbons (Fsp3) is 0.625.